The van der Waals surface area contributed by atoms with E-state index in [2.05, 4.69) is 0 Å². The standard InChI is InChI=1S/C9H13FN2O/c1-2-7(11)6-3-5(10)4-8(12)9(6)13/h3-4,7,13H,2,11-12H2,1H3/t7-/m1/s1. The summed E-state index contributed by atoms with van der Waals surface area (Å²) < 4.78 is 12.9. The van der Waals surface area contributed by atoms with Crippen molar-refractivity contribution in [2.45, 2.75) is 19.4 Å². The highest BCUT2D eigenvalue weighted by Crippen LogP contribution is 2.31. The Labute approximate surface area is 76.2 Å². The van der Waals surface area contributed by atoms with Crippen molar-refractivity contribution in [3.8, 4) is 5.75 Å². The van der Waals surface area contributed by atoms with Gasteiger partial charge < -0.3 is 16.6 Å². The van der Waals surface area contributed by atoms with Crippen LogP contribution in [0, 0.1) is 5.82 Å². The minimum atomic E-state index is -0.478. The summed E-state index contributed by atoms with van der Waals surface area (Å²) in [6.07, 6.45) is 0.621. The molecular weight excluding hydrogens is 171 g/mol. The van der Waals surface area contributed by atoms with E-state index >= 15 is 0 Å². The van der Waals surface area contributed by atoms with Gasteiger partial charge in [0, 0.05) is 17.7 Å². The third-order valence-corrected chi connectivity index (χ3v) is 1.97. The average Bonchev–Trinajstić information content (AvgIpc) is 2.10. The maximum Gasteiger partial charge on any atom is 0.143 e. The average molecular weight is 184 g/mol. The van der Waals surface area contributed by atoms with Crippen molar-refractivity contribution in [3.63, 3.8) is 0 Å². The molecule has 0 unspecified atom stereocenters. The van der Waals surface area contributed by atoms with E-state index in [1.54, 1.807) is 0 Å². The molecule has 72 valence electrons. The van der Waals surface area contributed by atoms with Gasteiger partial charge in [-0.2, -0.15) is 0 Å². The fraction of sp³-hybridized carbons (Fsp3) is 0.333. The summed E-state index contributed by atoms with van der Waals surface area (Å²) in [5, 5.41) is 9.45. The lowest BCUT2D eigenvalue weighted by molar-refractivity contribution is 0.460. The molecule has 1 rings (SSSR count). The van der Waals surface area contributed by atoms with Crippen molar-refractivity contribution >= 4 is 5.69 Å². The second-order valence-electron chi connectivity index (χ2n) is 2.95. The molecule has 0 amide bonds. The van der Waals surface area contributed by atoms with E-state index < -0.39 is 5.82 Å². The number of phenols is 1. The van der Waals surface area contributed by atoms with Gasteiger partial charge in [0.1, 0.15) is 11.6 Å². The number of aromatic hydroxyl groups is 1. The fourth-order valence-corrected chi connectivity index (χ4v) is 1.14. The van der Waals surface area contributed by atoms with Crippen molar-refractivity contribution < 1.29 is 9.50 Å². The molecule has 0 saturated heterocycles. The largest absolute Gasteiger partial charge is 0.505 e. The fourth-order valence-electron chi connectivity index (χ4n) is 1.14. The lowest BCUT2D eigenvalue weighted by Crippen LogP contribution is -2.10. The third kappa shape index (κ3) is 1.89. The minimum absolute atomic E-state index is 0.0268. The number of hydrogen-bond acceptors (Lipinski definition) is 3. The summed E-state index contributed by atoms with van der Waals surface area (Å²) in [5.74, 6) is -0.593. The number of hydrogen-bond donors (Lipinski definition) is 3. The highest BCUT2D eigenvalue weighted by molar-refractivity contribution is 5.56. The second kappa shape index (κ2) is 3.62. The van der Waals surface area contributed by atoms with Crippen LogP contribution in [0.2, 0.25) is 0 Å². The summed E-state index contributed by atoms with van der Waals surface area (Å²) >= 11 is 0. The van der Waals surface area contributed by atoms with Crippen LogP contribution in [0.25, 0.3) is 0 Å². The quantitative estimate of drug-likeness (QED) is 0.482. The summed E-state index contributed by atoms with van der Waals surface area (Å²) in [5.41, 5.74) is 11.4. The molecule has 0 spiro atoms. The van der Waals surface area contributed by atoms with Gasteiger partial charge in [0.05, 0.1) is 5.69 Å². The van der Waals surface area contributed by atoms with Gasteiger partial charge >= 0.3 is 0 Å². The molecule has 4 heteroatoms. The zero-order chi connectivity index (χ0) is 10.0. The number of halogens is 1. The van der Waals surface area contributed by atoms with Crippen LogP contribution in [0.1, 0.15) is 24.9 Å². The Hall–Kier alpha value is -1.29. The van der Waals surface area contributed by atoms with Gasteiger partial charge in [-0.3, -0.25) is 0 Å². The molecule has 1 aromatic carbocycles. The number of rotatable bonds is 2. The number of nitrogens with two attached hydrogens (primary N) is 2. The van der Waals surface area contributed by atoms with Gasteiger partial charge in [0.25, 0.3) is 0 Å². The summed E-state index contributed by atoms with van der Waals surface area (Å²) in [7, 11) is 0. The van der Waals surface area contributed by atoms with Crippen molar-refractivity contribution in [3.05, 3.63) is 23.5 Å². The highest BCUT2D eigenvalue weighted by Gasteiger charge is 2.12. The Kier molecular flexibility index (Phi) is 2.72. The Morgan fingerprint density at radius 3 is 2.69 bits per heavy atom. The molecule has 1 atom stereocenters. The number of benzene rings is 1. The van der Waals surface area contributed by atoms with Gasteiger partial charge in [0.2, 0.25) is 0 Å². The predicted molar refractivity (Wildman–Crippen MR) is 49.7 cm³/mol. The Bertz CT molecular complexity index is 315. The van der Waals surface area contributed by atoms with Crippen molar-refractivity contribution in [2.75, 3.05) is 5.73 Å². The molecule has 0 aliphatic carbocycles. The molecular formula is C9H13FN2O. The van der Waals surface area contributed by atoms with Crippen LogP contribution in [0.4, 0.5) is 10.1 Å². The molecule has 0 aromatic heterocycles. The monoisotopic (exact) mass is 184 g/mol. The second-order valence-corrected chi connectivity index (χ2v) is 2.95. The minimum Gasteiger partial charge on any atom is -0.505 e. The third-order valence-electron chi connectivity index (χ3n) is 1.97. The molecule has 3 nitrogen and oxygen atoms in total. The van der Waals surface area contributed by atoms with E-state index in [9.17, 15) is 9.50 Å². The molecule has 5 N–H and O–H groups in total. The number of nitrogen functional groups attached to an aromatic ring is 1. The Balaban J connectivity index is 3.20. The predicted octanol–water partition coefficient (Wildman–Crippen LogP) is 1.52. The van der Waals surface area contributed by atoms with Crippen LogP contribution in [0.5, 0.6) is 5.75 Å². The van der Waals surface area contributed by atoms with Crippen molar-refractivity contribution in [1.82, 2.24) is 0 Å². The zero-order valence-electron chi connectivity index (χ0n) is 7.42. The van der Waals surface area contributed by atoms with E-state index in [0.717, 1.165) is 6.07 Å². The normalized spacial score (nSPS) is 12.8. The zero-order valence-corrected chi connectivity index (χ0v) is 7.42. The Morgan fingerprint density at radius 2 is 2.15 bits per heavy atom. The molecule has 1 aromatic rings. The Morgan fingerprint density at radius 1 is 1.54 bits per heavy atom. The molecule has 0 radical (unpaired) electrons. The lowest BCUT2D eigenvalue weighted by atomic mass is 10.0. The number of phenolic OH excluding ortho intramolecular Hbond substituents is 1. The maximum absolute atomic E-state index is 12.9. The van der Waals surface area contributed by atoms with Crippen LogP contribution in [0.15, 0.2) is 12.1 Å². The lowest BCUT2D eigenvalue weighted by Gasteiger charge is -2.12. The maximum atomic E-state index is 12.9. The molecule has 0 aliphatic heterocycles. The van der Waals surface area contributed by atoms with E-state index in [0.29, 0.717) is 12.0 Å². The van der Waals surface area contributed by atoms with Crippen LogP contribution < -0.4 is 11.5 Å². The van der Waals surface area contributed by atoms with Gasteiger partial charge in [-0.25, -0.2) is 4.39 Å². The van der Waals surface area contributed by atoms with Crippen LogP contribution in [-0.2, 0) is 0 Å². The first-order valence-corrected chi connectivity index (χ1v) is 4.09. The van der Waals surface area contributed by atoms with Gasteiger partial charge in [-0.05, 0) is 12.5 Å². The van der Waals surface area contributed by atoms with Crippen LogP contribution in [0.3, 0.4) is 0 Å². The SMILES string of the molecule is CC[C@@H](N)c1cc(F)cc(N)c1O. The first-order valence-electron chi connectivity index (χ1n) is 4.09. The van der Waals surface area contributed by atoms with E-state index in [1.165, 1.54) is 6.07 Å². The van der Waals surface area contributed by atoms with E-state index in [1.807, 2.05) is 6.92 Å². The highest BCUT2D eigenvalue weighted by atomic mass is 19.1. The summed E-state index contributed by atoms with van der Waals surface area (Å²) in [6.45, 7) is 1.85. The molecule has 0 bridgehead atoms. The number of anilines is 1. The smallest absolute Gasteiger partial charge is 0.143 e. The van der Waals surface area contributed by atoms with Crippen LogP contribution in [-0.4, -0.2) is 5.11 Å². The van der Waals surface area contributed by atoms with E-state index in [4.69, 9.17) is 11.5 Å². The first kappa shape index (κ1) is 9.80. The summed E-state index contributed by atoms with van der Waals surface area (Å²) in [6, 6.07) is 1.90. The van der Waals surface area contributed by atoms with Crippen molar-refractivity contribution in [2.24, 2.45) is 5.73 Å². The van der Waals surface area contributed by atoms with Gasteiger partial charge in [-0.15, -0.1) is 0 Å². The van der Waals surface area contributed by atoms with Gasteiger partial charge in [0.15, 0.2) is 0 Å². The van der Waals surface area contributed by atoms with Gasteiger partial charge in [-0.1, -0.05) is 6.92 Å². The molecule has 0 heterocycles. The van der Waals surface area contributed by atoms with E-state index in [-0.39, 0.29) is 17.5 Å². The summed E-state index contributed by atoms with van der Waals surface area (Å²) in [4.78, 5) is 0. The topological polar surface area (TPSA) is 72.3 Å². The van der Waals surface area contributed by atoms with Crippen molar-refractivity contribution in [1.29, 1.82) is 0 Å². The molecule has 13 heavy (non-hydrogen) atoms. The van der Waals surface area contributed by atoms with Crippen LogP contribution >= 0.6 is 0 Å². The molecule has 0 saturated carbocycles. The molecule has 0 aliphatic rings. The first-order chi connectivity index (χ1) is 6.06. The molecule has 0 fully saturated rings.